The van der Waals surface area contributed by atoms with Gasteiger partial charge < -0.3 is 9.88 Å². The smallest absolute Gasteiger partial charge is 0.280 e. The number of benzene rings is 2. The Kier molecular flexibility index (Phi) is 5.48. The van der Waals surface area contributed by atoms with Gasteiger partial charge in [0.1, 0.15) is 28.6 Å². The molecular formula is C25H20F2N6O2. The highest BCUT2D eigenvalue weighted by atomic mass is 19.1. The fraction of sp³-hybridized carbons (Fsp3) is 0.120. The summed E-state index contributed by atoms with van der Waals surface area (Å²) in [4.78, 5) is 26.6. The van der Waals surface area contributed by atoms with Gasteiger partial charge in [-0.2, -0.15) is 10.2 Å². The molecule has 0 bridgehead atoms. The Bertz CT molecular complexity index is 1610. The lowest BCUT2D eigenvalue weighted by Gasteiger charge is -2.15. The van der Waals surface area contributed by atoms with Gasteiger partial charge in [-0.1, -0.05) is 18.2 Å². The van der Waals surface area contributed by atoms with Crippen molar-refractivity contribution in [3.8, 4) is 11.5 Å². The van der Waals surface area contributed by atoms with Gasteiger partial charge in [-0.15, -0.1) is 0 Å². The molecule has 176 valence electrons. The number of halogens is 2. The highest BCUT2D eigenvalue weighted by Gasteiger charge is 2.26. The molecule has 8 nitrogen and oxygen atoms in total. The molecule has 0 spiro atoms. The van der Waals surface area contributed by atoms with Crippen LogP contribution >= 0.6 is 0 Å². The van der Waals surface area contributed by atoms with E-state index >= 15 is 0 Å². The molecule has 5 aromatic rings. The second-order valence-corrected chi connectivity index (χ2v) is 8.01. The molecule has 10 heteroatoms. The Labute approximate surface area is 198 Å². The van der Waals surface area contributed by atoms with Gasteiger partial charge in [0.15, 0.2) is 5.82 Å². The minimum absolute atomic E-state index is 0.272. The van der Waals surface area contributed by atoms with Crippen LogP contribution in [-0.2, 0) is 4.79 Å². The summed E-state index contributed by atoms with van der Waals surface area (Å²) in [6.45, 7) is 3.15. The number of nitrogens with zero attached hydrogens (tertiary/aromatic N) is 5. The van der Waals surface area contributed by atoms with Crippen LogP contribution in [0, 0.1) is 18.6 Å². The molecule has 1 amide bonds. The summed E-state index contributed by atoms with van der Waals surface area (Å²) in [5.41, 5.74) is 0.698. The van der Waals surface area contributed by atoms with Gasteiger partial charge in [-0.3, -0.25) is 9.59 Å². The number of amides is 1. The van der Waals surface area contributed by atoms with E-state index in [9.17, 15) is 18.4 Å². The minimum atomic E-state index is -1.12. The lowest BCUT2D eigenvalue weighted by Crippen LogP contribution is -2.34. The number of anilines is 1. The van der Waals surface area contributed by atoms with Crippen molar-refractivity contribution < 1.29 is 13.6 Å². The zero-order valence-corrected chi connectivity index (χ0v) is 18.8. The van der Waals surface area contributed by atoms with Gasteiger partial charge in [0.25, 0.3) is 5.56 Å². The number of nitrogens with one attached hydrogen (secondary N) is 1. The number of carbonyl (C=O) groups excluding carboxylic acids is 1. The third kappa shape index (κ3) is 3.88. The Hall–Kier alpha value is -4.60. The first-order valence-corrected chi connectivity index (χ1v) is 10.8. The predicted molar refractivity (Wildman–Crippen MR) is 127 cm³/mol. The van der Waals surface area contributed by atoms with Crippen molar-refractivity contribution in [3.05, 3.63) is 101 Å². The Morgan fingerprint density at radius 1 is 1.00 bits per heavy atom. The van der Waals surface area contributed by atoms with E-state index in [1.54, 1.807) is 28.6 Å². The summed E-state index contributed by atoms with van der Waals surface area (Å²) in [5.74, 6) is -1.73. The molecule has 2 aromatic carbocycles. The monoisotopic (exact) mass is 474 g/mol. The van der Waals surface area contributed by atoms with E-state index < -0.39 is 29.1 Å². The molecule has 3 heterocycles. The van der Waals surface area contributed by atoms with Crippen LogP contribution in [0.5, 0.6) is 0 Å². The van der Waals surface area contributed by atoms with Gasteiger partial charge in [0, 0.05) is 18.5 Å². The molecule has 1 atom stereocenters. The summed E-state index contributed by atoms with van der Waals surface area (Å²) in [7, 11) is 0. The lowest BCUT2D eigenvalue weighted by atomic mass is 10.2. The first-order chi connectivity index (χ1) is 16.8. The quantitative estimate of drug-likeness (QED) is 0.415. The van der Waals surface area contributed by atoms with E-state index in [0.29, 0.717) is 17.0 Å². The molecule has 0 fully saturated rings. The summed E-state index contributed by atoms with van der Waals surface area (Å²) in [6, 6.07) is 14.6. The van der Waals surface area contributed by atoms with Crippen molar-refractivity contribution >= 4 is 22.5 Å². The molecule has 0 aliphatic rings. The molecule has 1 N–H and O–H groups in total. The minimum Gasteiger partial charge on any atom is -0.322 e. The molecule has 0 saturated heterocycles. The second-order valence-electron chi connectivity index (χ2n) is 8.01. The first-order valence-electron chi connectivity index (χ1n) is 10.8. The number of rotatable bonds is 5. The highest BCUT2D eigenvalue weighted by Crippen LogP contribution is 2.25. The maximum Gasteiger partial charge on any atom is 0.280 e. The van der Waals surface area contributed by atoms with Crippen molar-refractivity contribution in [1.82, 2.24) is 24.1 Å². The van der Waals surface area contributed by atoms with Gasteiger partial charge >= 0.3 is 0 Å². The Morgan fingerprint density at radius 2 is 1.71 bits per heavy atom. The maximum atomic E-state index is 14.0. The van der Waals surface area contributed by atoms with Gasteiger partial charge in [0.05, 0.1) is 17.1 Å². The van der Waals surface area contributed by atoms with Crippen LogP contribution in [0.15, 0.2) is 77.9 Å². The average Bonchev–Trinajstić information content (AvgIpc) is 3.52. The third-order valence-corrected chi connectivity index (χ3v) is 5.67. The number of aromatic nitrogens is 5. The van der Waals surface area contributed by atoms with Crippen LogP contribution in [0.3, 0.4) is 0 Å². The fourth-order valence-electron chi connectivity index (χ4n) is 3.90. The molecule has 5 rings (SSSR count). The second kappa shape index (κ2) is 8.64. The summed E-state index contributed by atoms with van der Waals surface area (Å²) >= 11 is 0. The zero-order valence-electron chi connectivity index (χ0n) is 18.8. The molecule has 35 heavy (non-hydrogen) atoms. The van der Waals surface area contributed by atoms with Gasteiger partial charge in [-0.05, 0) is 50.2 Å². The van der Waals surface area contributed by atoms with E-state index in [0.717, 1.165) is 28.6 Å². The Morgan fingerprint density at radius 3 is 2.43 bits per heavy atom. The lowest BCUT2D eigenvalue weighted by molar-refractivity contribution is -0.119. The van der Waals surface area contributed by atoms with Crippen molar-refractivity contribution in [1.29, 1.82) is 0 Å². The van der Waals surface area contributed by atoms with E-state index in [2.05, 4.69) is 15.5 Å². The van der Waals surface area contributed by atoms with E-state index in [1.807, 2.05) is 42.5 Å². The summed E-state index contributed by atoms with van der Waals surface area (Å²) in [6.07, 6.45) is 3.58. The topological polar surface area (TPSA) is 86.7 Å². The normalized spacial score (nSPS) is 12.1. The van der Waals surface area contributed by atoms with Crippen LogP contribution in [0.1, 0.15) is 18.7 Å². The largest absolute Gasteiger partial charge is 0.322 e. The number of hydrogen-bond donors (Lipinski definition) is 1. The first kappa shape index (κ1) is 22.2. The molecular weight excluding hydrogens is 454 g/mol. The van der Waals surface area contributed by atoms with E-state index in [4.69, 9.17) is 0 Å². The molecule has 0 radical (unpaired) electrons. The fourth-order valence-corrected chi connectivity index (χ4v) is 3.90. The SMILES string of the molecule is Cc1nn([C@@H](C)C(=O)Nc2cc(F)ccc2F)c(=O)c2c(-n3cccc3)n(-c3ccccc3)nc12. The van der Waals surface area contributed by atoms with E-state index in [1.165, 1.54) is 6.92 Å². The number of aryl methyl sites for hydroxylation is 1. The van der Waals surface area contributed by atoms with Crippen molar-refractivity contribution in [3.63, 3.8) is 0 Å². The third-order valence-electron chi connectivity index (χ3n) is 5.67. The summed E-state index contributed by atoms with van der Waals surface area (Å²) in [5, 5.41) is 11.6. The van der Waals surface area contributed by atoms with Crippen molar-refractivity contribution in [2.24, 2.45) is 0 Å². The molecule has 3 aromatic heterocycles. The van der Waals surface area contributed by atoms with Crippen LogP contribution in [-0.4, -0.2) is 30.0 Å². The highest BCUT2D eigenvalue weighted by molar-refractivity contribution is 5.94. The van der Waals surface area contributed by atoms with Gasteiger partial charge in [-0.25, -0.2) is 18.1 Å². The molecule has 0 aliphatic carbocycles. The van der Waals surface area contributed by atoms with E-state index in [-0.39, 0.29) is 11.1 Å². The summed E-state index contributed by atoms with van der Waals surface area (Å²) < 4.78 is 32.0. The van der Waals surface area contributed by atoms with Crippen LogP contribution in [0.4, 0.5) is 14.5 Å². The predicted octanol–water partition coefficient (Wildman–Crippen LogP) is 4.16. The number of hydrogen-bond acceptors (Lipinski definition) is 4. The van der Waals surface area contributed by atoms with Gasteiger partial charge in [0.2, 0.25) is 5.91 Å². The van der Waals surface area contributed by atoms with Crippen molar-refractivity contribution in [2.45, 2.75) is 19.9 Å². The number of para-hydroxylation sites is 1. The number of carbonyl (C=O) groups is 1. The van der Waals surface area contributed by atoms with Crippen molar-refractivity contribution in [2.75, 3.05) is 5.32 Å². The Balaban J connectivity index is 1.66. The standard InChI is InChI=1S/C25H20F2N6O2/c1-15-22-21(24(31-12-6-7-13-31)33(30-22)18-8-4-3-5-9-18)25(35)32(29-15)16(2)23(34)28-20-14-17(26)10-11-19(20)27/h3-14,16H,1-2H3,(H,28,34)/t16-/m0/s1. The zero-order chi connectivity index (χ0) is 24.7. The molecule has 0 saturated carbocycles. The van der Waals surface area contributed by atoms with Crippen LogP contribution in [0.25, 0.3) is 22.4 Å². The molecule has 0 unspecified atom stereocenters. The maximum absolute atomic E-state index is 14.0. The number of fused-ring (bicyclic) bond motifs is 1. The van der Waals surface area contributed by atoms with Crippen LogP contribution < -0.4 is 10.9 Å². The average molecular weight is 474 g/mol. The molecule has 0 aliphatic heterocycles. The van der Waals surface area contributed by atoms with Crippen LogP contribution in [0.2, 0.25) is 0 Å².